The molecule has 1 aliphatic heterocycles. The van der Waals surface area contributed by atoms with Crippen LogP contribution in [0.4, 0.5) is 0 Å². The maximum absolute atomic E-state index is 5.27. The first kappa shape index (κ1) is 14.0. The Morgan fingerprint density at radius 3 is 2.58 bits per heavy atom. The van der Waals surface area contributed by atoms with Crippen molar-refractivity contribution in [3.05, 3.63) is 11.9 Å². The summed E-state index contributed by atoms with van der Waals surface area (Å²) in [5.41, 5.74) is 0.876. The van der Waals surface area contributed by atoms with E-state index in [1.165, 1.54) is 25.7 Å². The zero-order valence-corrected chi connectivity index (χ0v) is 11.8. The first-order chi connectivity index (χ1) is 9.24. The summed E-state index contributed by atoms with van der Waals surface area (Å²) >= 11 is 0. The topological polar surface area (TPSA) is 59.5 Å². The van der Waals surface area contributed by atoms with Gasteiger partial charge in [0.1, 0.15) is 6.33 Å². The molecule has 1 aliphatic rings. The summed E-state index contributed by atoms with van der Waals surface area (Å²) in [7, 11) is 5.37. The lowest BCUT2D eigenvalue weighted by molar-refractivity contribution is 0.225. The molecule has 1 aromatic rings. The van der Waals surface area contributed by atoms with Gasteiger partial charge in [-0.1, -0.05) is 0 Å². The number of aromatic nitrogens is 2. The maximum Gasteiger partial charge on any atom is 0.224 e. The van der Waals surface area contributed by atoms with Gasteiger partial charge in [-0.3, -0.25) is 0 Å². The van der Waals surface area contributed by atoms with Crippen molar-refractivity contribution in [1.29, 1.82) is 0 Å². The molecule has 1 atom stereocenters. The number of piperidine rings is 1. The van der Waals surface area contributed by atoms with Gasteiger partial charge in [0, 0.05) is 19.1 Å². The Morgan fingerprint density at radius 1 is 1.32 bits per heavy atom. The first-order valence-electron chi connectivity index (χ1n) is 6.58. The van der Waals surface area contributed by atoms with Crippen LogP contribution in [-0.4, -0.2) is 55.3 Å². The average molecular weight is 266 g/mol. The van der Waals surface area contributed by atoms with Gasteiger partial charge < -0.3 is 19.7 Å². The van der Waals surface area contributed by atoms with Crippen molar-refractivity contribution in [2.24, 2.45) is 0 Å². The number of nitrogens with one attached hydrogen (secondary N) is 1. The van der Waals surface area contributed by atoms with Crippen molar-refractivity contribution < 1.29 is 9.47 Å². The smallest absolute Gasteiger partial charge is 0.224 e. The van der Waals surface area contributed by atoms with Gasteiger partial charge in [0.2, 0.25) is 11.8 Å². The zero-order valence-electron chi connectivity index (χ0n) is 11.8. The van der Waals surface area contributed by atoms with Crippen LogP contribution in [0, 0.1) is 0 Å². The Balaban J connectivity index is 2.01. The fraction of sp³-hybridized carbons (Fsp3) is 0.692. The number of ether oxygens (including phenoxy) is 2. The van der Waals surface area contributed by atoms with Gasteiger partial charge in [-0.2, -0.15) is 0 Å². The highest BCUT2D eigenvalue weighted by Crippen LogP contribution is 2.23. The van der Waals surface area contributed by atoms with Gasteiger partial charge in [-0.25, -0.2) is 9.97 Å². The summed E-state index contributed by atoms with van der Waals surface area (Å²) < 4.78 is 10.5. The van der Waals surface area contributed by atoms with Gasteiger partial charge >= 0.3 is 0 Å². The Morgan fingerprint density at radius 2 is 2.00 bits per heavy atom. The number of rotatable bonds is 5. The Hall–Kier alpha value is -1.40. The molecule has 0 saturated carbocycles. The van der Waals surface area contributed by atoms with E-state index in [1.54, 1.807) is 14.2 Å². The molecule has 2 heterocycles. The van der Waals surface area contributed by atoms with Gasteiger partial charge in [0.15, 0.2) is 0 Å². The molecule has 0 bridgehead atoms. The minimum Gasteiger partial charge on any atom is -0.481 e. The lowest BCUT2D eigenvalue weighted by atomic mass is 10.1. The molecule has 1 aromatic heterocycles. The average Bonchev–Trinajstić information content (AvgIpc) is 2.44. The molecule has 2 rings (SSSR count). The quantitative estimate of drug-likeness (QED) is 0.845. The number of likely N-dealkylation sites (tertiary alicyclic amines) is 1. The molecule has 6 nitrogen and oxygen atoms in total. The number of nitrogens with zero attached hydrogens (tertiary/aromatic N) is 3. The molecule has 19 heavy (non-hydrogen) atoms. The molecule has 106 valence electrons. The van der Waals surface area contributed by atoms with Crippen LogP contribution < -0.4 is 14.8 Å². The zero-order chi connectivity index (χ0) is 13.7. The van der Waals surface area contributed by atoms with Crippen molar-refractivity contribution >= 4 is 0 Å². The second-order valence-electron chi connectivity index (χ2n) is 4.85. The summed E-state index contributed by atoms with van der Waals surface area (Å²) in [4.78, 5) is 10.6. The van der Waals surface area contributed by atoms with Crippen LogP contribution in [0.2, 0.25) is 0 Å². The third-order valence-electron chi connectivity index (χ3n) is 3.44. The number of hydrogen-bond donors (Lipinski definition) is 1. The SMILES string of the molecule is COc1ncnc(OC)c1CNC1CCCN(C)C1. The monoisotopic (exact) mass is 266 g/mol. The number of likely N-dealkylation sites (N-methyl/N-ethyl adjacent to an activating group) is 1. The van der Waals surface area contributed by atoms with Gasteiger partial charge in [-0.05, 0) is 26.4 Å². The fourth-order valence-electron chi connectivity index (χ4n) is 2.46. The van der Waals surface area contributed by atoms with E-state index in [2.05, 4.69) is 27.2 Å². The largest absolute Gasteiger partial charge is 0.481 e. The highest BCUT2D eigenvalue weighted by Gasteiger charge is 2.19. The summed E-state index contributed by atoms with van der Waals surface area (Å²) in [6.45, 7) is 2.91. The molecule has 1 fully saturated rings. The van der Waals surface area contributed by atoms with Crippen LogP contribution in [0.3, 0.4) is 0 Å². The van der Waals surface area contributed by atoms with E-state index in [-0.39, 0.29) is 0 Å². The molecule has 0 radical (unpaired) electrons. The van der Waals surface area contributed by atoms with E-state index in [0.29, 0.717) is 24.3 Å². The molecular formula is C13H22N4O2. The predicted octanol–water partition coefficient (Wildman–Crippen LogP) is 0.678. The Kier molecular flexibility index (Phi) is 4.93. The van der Waals surface area contributed by atoms with E-state index >= 15 is 0 Å². The van der Waals surface area contributed by atoms with Crippen LogP contribution in [0.15, 0.2) is 6.33 Å². The molecular weight excluding hydrogens is 244 g/mol. The van der Waals surface area contributed by atoms with Crippen LogP contribution in [0.5, 0.6) is 11.8 Å². The van der Waals surface area contributed by atoms with Gasteiger partial charge in [0.25, 0.3) is 0 Å². The van der Waals surface area contributed by atoms with Gasteiger partial charge in [0.05, 0.1) is 19.8 Å². The summed E-state index contributed by atoms with van der Waals surface area (Å²) in [5.74, 6) is 1.15. The third kappa shape index (κ3) is 3.54. The van der Waals surface area contributed by atoms with Crippen LogP contribution in [-0.2, 0) is 6.54 Å². The van der Waals surface area contributed by atoms with Crippen molar-refractivity contribution in [2.75, 3.05) is 34.4 Å². The molecule has 0 amide bonds. The normalized spacial score (nSPS) is 20.3. The highest BCUT2D eigenvalue weighted by atomic mass is 16.5. The number of methoxy groups -OCH3 is 2. The molecule has 1 saturated heterocycles. The second kappa shape index (κ2) is 6.68. The van der Waals surface area contributed by atoms with E-state index < -0.39 is 0 Å². The van der Waals surface area contributed by atoms with Crippen molar-refractivity contribution in [1.82, 2.24) is 20.2 Å². The number of hydrogen-bond acceptors (Lipinski definition) is 6. The van der Waals surface area contributed by atoms with E-state index in [9.17, 15) is 0 Å². The van der Waals surface area contributed by atoms with Gasteiger partial charge in [-0.15, -0.1) is 0 Å². The lowest BCUT2D eigenvalue weighted by Gasteiger charge is -2.30. The first-order valence-corrected chi connectivity index (χ1v) is 6.58. The molecule has 0 aromatic carbocycles. The maximum atomic E-state index is 5.27. The molecule has 6 heteroatoms. The predicted molar refractivity (Wildman–Crippen MR) is 72.5 cm³/mol. The van der Waals surface area contributed by atoms with E-state index in [0.717, 1.165) is 12.1 Å². The fourth-order valence-corrected chi connectivity index (χ4v) is 2.46. The third-order valence-corrected chi connectivity index (χ3v) is 3.44. The molecule has 1 unspecified atom stereocenters. The minimum atomic E-state index is 0.494. The van der Waals surface area contributed by atoms with Crippen molar-refractivity contribution in [2.45, 2.75) is 25.4 Å². The molecule has 1 N–H and O–H groups in total. The van der Waals surface area contributed by atoms with E-state index in [4.69, 9.17) is 9.47 Å². The van der Waals surface area contributed by atoms with Crippen LogP contribution >= 0.6 is 0 Å². The summed E-state index contributed by atoms with van der Waals surface area (Å²) in [5, 5.41) is 3.54. The minimum absolute atomic E-state index is 0.494. The molecule has 0 aliphatic carbocycles. The Bertz CT molecular complexity index is 391. The van der Waals surface area contributed by atoms with Crippen molar-refractivity contribution in [3.63, 3.8) is 0 Å². The van der Waals surface area contributed by atoms with Crippen molar-refractivity contribution in [3.8, 4) is 11.8 Å². The summed E-state index contributed by atoms with van der Waals surface area (Å²) in [6, 6.07) is 0.494. The summed E-state index contributed by atoms with van der Waals surface area (Å²) in [6.07, 6.45) is 3.88. The molecule has 0 spiro atoms. The standard InChI is InChI=1S/C13H22N4O2/c1-17-6-4-5-10(8-17)14-7-11-12(18-2)15-9-16-13(11)19-3/h9-10,14H,4-8H2,1-3H3. The van der Waals surface area contributed by atoms with Crippen LogP contribution in [0.25, 0.3) is 0 Å². The van der Waals surface area contributed by atoms with E-state index in [1.807, 2.05) is 0 Å². The van der Waals surface area contributed by atoms with Crippen LogP contribution in [0.1, 0.15) is 18.4 Å². The highest BCUT2D eigenvalue weighted by molar-refractivity contribution is 5.34. The second-order valence-corrected chi connectivity index (χ2v) is 4.85. The lowest BCUT2D eigenvalue weighted by Crippen LogP contribution is -2.43. The Labute approximate surface area is 114 Å².